The fourth-order valence-corrected chi connectivity index (χ4v) is 5.26. The van der Waals surface area contributed by atoms with Gasteiger partial charge >= 0.3 is 0 Å². The van der Waals surface area contributed by atoms with E-state index in [1.165, 1.54) is 10.4 Å². The fourth-order valence-electron chi connectivity index (χ4n) is 2.95. The quantitative estimate of drug-likeness (QED) is 0.567. The van der Waals surface area contributed by atoms with Crippen molar-refractivity contribution in [1.82, 2.24) is 21.4 Å². The first kappa shape index (κ1) is 21.4. The molecule has 0 aromatic carbocycles. The molecule has 3 aromatic heterocycles. The van der Waals surface area contributed by atoms with Gasteiger partial charge in [-0.1, -0.05) is 20.8 Å². The topological polar surface area (TPSA) is 102 Å². The number of nitrogens with one attached hydrogen (secondary N) is 2. The van der Waals surface area contributed by atoms with Crippen LogP contribution in [0, 0.1) is 0 Å². The van der Waals surface area contributed by atoms with Crippen LogP contribution in [0.2, 0.25) is 0 Å². The van der Waals surface area contributed by atoms with Gasteiger partial charge in [-0.3, -0.25) is 9.78 Å². The normalized spacial score (nSPS) is 12.6. The van der Waals surface area contributed by atoms with E-state index in [1.54, 1.807) is 35.1 Å². The van der Waals surface area contributed by atoms with Crippen molar-refractivity contribution in [1.29, 1.82) is 0 Å². The molecule has 4 rings (SSSR count). The van der Waals surface area contributed by atoms with Crippen LogP contribution in [0.3, 0.4) is 0 Å². The number of thiazole rings is 1. The van der Waals surface area contributed by atoms with Crippen LogP contribution in [0.1, 0.15) is 44.1 Å². The van der Waals surface area contributed by atoms with E-state index in [1.807, 2.05) is 26.8 Å². The van der Waals surface area contributed by atoms with Gasteiger partial charge in [-0.25, -0.2) is 4.98 Å². The number of pyridine rings is 1. The number of carbonyl (C=O) groups excluding carboxylic acids is 1. The lowest BCUT2D eigenvalue weighted by atomic mass is 10.0. The summed E-state index contributed by atoms with van der Waals surface area (Å²) < 4.78 is 1.12. The first-order valence-corrected chi connectivity index (χ1v) is 10.8. The predicted octanol–water partition coefficient (Wildman–Crippen LogP) is 4.99. The van der Waals surface area contributed by atoms with Crippen molar-refractivity contribution in [3.05, 3.63) is 28.9 Å². The molecule has 1 aliphatic rings. The number of hydrogen-bond acceptors (Lipinski definition) is 7. The van der Waals surface area contributed by atoms with Gasteiger partial charge in [0.05, 0.1) is 10.9 Å². The molecule has 0 atom stereocenters. The summed E-state index contributed by atoms with van der Waals surface area (Å²) in [6, 6.07) is 1.99. The van der Waals surface area contributed by atoms with Crippen molar-refractivity contribution in [2.75, 3.05) is 11.9 Å². The van der Waals surface area contributed by atoms with Gasteiger partial charge < -0.3 is 16.8 Å². The third kappa shape index (κ3) is 4.52. The second-order valence-corrected chi connectivity index (χ2v) is 7.93. The van der Waals surface area contributed by atoms with Gasteiger partial charge in [-0.2, -0.15) is 0 Å². The second kappa shape index (κ2) is 9.89. The maximum Gasteiger partial charge on any atom is 0.224 e. The van der Waals surface area contributed by atoms with Crippen LogP contribution in [0.15, 0.2) is 18.5 Å². The molecular formula is C19H27N5OS2. The number of anilines is 1. The maximum absolute atomic E-state index is 12.1. The summed E-state index contributed by atoms with van der Waals surface area (Å²) in [7, 11) is 0. The molecule has 0 radical (unpaired) electrons. The molecule has 27 heavy (non-hydrogen) atoms. The predicted molar refractivity (Wildman–Crippen MR) is 116 cm³/mol. The highest BCUT2D eigenvalue weighted by molar-refractivity contribution is 7.22. The molecule has 6 nitrogen and oxygen atoms in total. The Hall–Kier alpha value is -1.87. The Morgan fingerprint density at radius 2 is 2.15 bits per heavy atom. The molecule has 8 heteroatoms. The molecular weight excluding hydrogens is 378 g/mol. The van der Waals surface area contributed by atoms with Crippen molar-refractivity contribution >= 4 is 43.8 Å². The van der Waals surface area contributed by atoms with Crippen LogP contribution < -0.4 is 16.8 Å². The number of amides is 1. The monoisotopic (exact) mass is 405 g/mol. The maximum atomic E-state index is 12.1. The van der Waals surface area contributed by atoms with Gasteiger partial charge in [0.25, 0.3) is 0 Å². The molecule has 146 valence electrons. The zero-order chi connectivity index (χ0) is 18.5. The van der Waals surface area contributed by atoms with Crippen molar-refractivity contribution < 1.29 is 4.79 Å². The summed E-state index contributed by atoms with van der Waals surface area (Å²) >= 11 is 3.34. The Kier molecular flexibility index (Phi) is 7.85. The minimum Gasteiger partial charge on any atom is -0.344 e. The summed E-state index contributed by atoms with van der Waals surface area (Å²) in [6.07, 6.45) is 5.95. The minimum atomic E-state index is 0. The first-order chi connectivity index (χ1) is 12.8. The van der Waals surface area contributed by atoms with E-state index < -0.39 is 0 Å². The highest BCUT2D eigenvalue weighted by Gasteiger charge is 2.24. The van der Waals surface area contributed by atoms with Gasteiger partial charge in [0.1, 0.15) is 15.5 Å². The number of carbonyl (C=O) groups is 1. The average molecular weight is 406 g/mol. The summed E-state index contributed by atoms with van der Waals surface area (Å²) in [4.78, 5) is 22.4. The highest BCUT2D eigenvalue weighted by atomic mass is 32.1. The molecule has 0 saturated carbocycles. The second-order valence-electron chi connectivity index (χ2n) is 5.80. The van der Waals surface area contributed by atoms with Gasteiger partial charge in [-0.05, 0) is 31.0 Å². The zero-order valence-electron chi connectivity index (χ0n) is 16.1. The number of hydrogen-bond donors (Lipinski definition) is 3. The third-order valence-electron chi connectivity index (χ3n) is 4.06. The Labute approximate surface area is 168 Å². The van der Waals surface area contributed by atoms with Crippen molar-refractivity contribution in [3.63, 3.8) is 0 Å². The van der Waals surface area contributed by atoms with E-state index in [-0.39, 0.29) is 12.1 Å². The molecule has 1 amide bonds. The lowest BCUT2D eigenvalue weighted by Crippen LogP contribution is -2.22. The summed E-state index contributed by atoms with van der Waals surface area (Å²) in [5.41, 5.74) is 3.36. The number of nitrogens with zero attached hydrogens (tertiary/aromatic N) is 2. The first-order valence-electron chi connectivity index (χ1n) is 9.12. The van der Waals surface area contributed by atoms with E-state index in [9.17, 15) is 4.79 Å². The van der Waals surface area contributed by atoms with Gasteiger partial charge in [0.2, 0.25) is 5.91 Å². The Morgan fingerprint density at radius 1 is 1.33 bits per heavy atom. The Bertz CT molecular complexity index is 870. The van der Waals surface area contributed by atoms with Gasteiger partial charge in [0.15, 0.2) is 0 Å². The summed E-state index contributed by atoms with van der Waals surface area (Å²) in [6.45, 7) is 7.85. The molecule has 1 aliphatic heterocycles. The highest BCUT2D eigenvalue weighted by Crippen LogP contribution is 2.44. The fraction of sp³-hybridized carbons (Fsp3) is 0.421. The van der Waals surface area contributed by atoms with Crippen LogP contribution >= 0.6 is 22.7 Å². The van der Waals surface area contributed by atoms with E-state index in [2.05, 4.69) is 15.6 Å². The van der Waals surface area contributed by atoms with E-state index in [0.29, 0.717) is 6.42 Å². The van der Waals surface area contributed by atoms with Gasteiger partial charge in [-0.15, -0.1) is 22.7 Å². The third-order valence-corrected chi connectivity index (χ3v) is 6.26. The number of fused-ring (bicyclic) bond motifs is 2. The molecule has 5 N–H and O–H groups in total. The zero-order valence-corrected chi connectivity index (χ0v) is 17.7. The van der Waals surface area contributed by atoms with E-state index >= 15 is 0 Å². The standard InChI is InChI=1S/C17H18N4OS2.C2H6.H3N/c1-2-3-14(22)21-17-15(10-4-6-19-9-13(10)24-17)16-20-11-8-18-7-5-12(11)23-16;1-2;/h5,7-8,19H,2-4,6,9H2,1H3,(H,21,22);1-2H3;1H3. The lowest BCUT2D eigenvalue weighted by Gasteiger charge is -2.13. The molecule has 3 aromatic rings. The SMILES string of the molecule is CC.CCCC(=O)Nc1sc2c(c1-c1nc3cnccc3s1)CCNC2.N. The summed E-state index contributed by atoms with van der Waals surface area (Å²) in [5.74, 6) is 0.0769. The molecule has 0 bridgehead atoms. The van der Waals surface area contributed by atoms with Crippen LogP contribution in [-0.4, -0.2) is 22.4 Å². The average Bonchev–Trinajstić information content (AvgIpc) is 3.23. The van der Waals surface area contributed by atoms with Crippen molar-refractivity contribution in [3.8, 4) is 10.6 Å². The number of aromatic nitrogens is 2. The largest absolute Gasteiger partial charge is 0.344 e. The Balaban J connectivity index is 0.000000844. The molecule has 0 unspecified atom stereocenters. The number of thiophene rings is 1. The van der Waals surface area contributed by atoms with Crippen LogP contribution in [0.4, 0.5) is 5.00 Å². The lowest BCUT2D eigenvalue weighted by molar-refractivity contribution is -0.116. The van der Waals surface area contributed by atoms with Gasteiger partial charge in [0, 0.05) is 29.6 Å². The van der Waals surface area contributed by atoms with Crippen LogP contribution in [0.5, 0.6) is 0 Å². The number of rotatable bonds is 4. The van der Waals surface area contributed by atoms with E-state index in [0.717, 1.165) is 51.7 Å². The molecule has 4 heterocycles. The summed E-state index contributed by atoms with van der Waals surface area (Å²) in [5, 5.41) is 8.44. The van der Waals surface area contributed by atoms with Crippen LogP contribution in [-0.2, 0) is 17.8 Å². The molecule has 0 fully saturated rings. The van der Waals surface area contributed by atoms with Crippen LogP contribution in [0.25, 0.3) is 20.8 Å². The van der Waals surface area contributed by atoms with Crippen molar-refractivity contribution in [2.45, 2.75) is 46.6 Å². The minimum absolute atomic E-state index is 0. The molecule has 0 aliphatic carbocycles. The van der Waals surface area contributed by atoms with E-state index in [4.69, 9.17) is 4.98 Å². The van der Waals surface area contributed by atoms with Crippen molar-refractivity contribution in [2.24, 2.45) is 0 Å². The Morgan fingerprint density at radius 3 is 2.89 bits per heavy atom. The molecule has 0 saturated heterocycles. The smallest absolute Gasteiger partial charge is 0.224 e. The molecule has 0 spiro atoms.